The number of hydrogen-bond donors (Lipinski definition) is 17. The molecule has 8 amide bonds. The highest BCUT2D eigenvalue weighted by Gasteiger charge is 2.56. The highest BCUT2D eigenvalue weighted by atomic mass is 28.4. The van der Waals surface area contributed by atoms with Crippen molar-refractivity contribution in [3.63, 3.8) is 0 Å². The van der Waals surface area contributed by atoms with Crippen LogP contribution in [-0.4, -0.2) is 297 Å². The Bertz CT molecular complexity index is 3050. The average molecular weight is 1470 g/mol. The quantitative estimate of drug-likeness (QED) is 0.0197. The van der Waals surface area contributed by atoms with E-state index in [1.54, 1.807) is 41.5 Å². The topological polar surface area (TPSA) is 564 Å². The molecule has 1 aliphatic rings. The Kier molecular flexibility index (Phi) is 37.7. The van der Waals surface area contributed by atoms with Crippen molar-refractivity contribution in [2.24, 2.45) is 0 Å². The molecule has 0 saturated carbocycles. The van der Waals surface area contributed by atoms with Crippen LogP contribution in [0.3, 0.4) is 0 Å². The van der Waals surface area contributed by atoms with E-state index in [1.807, 2.05) is 10.6 Å². The molecule has 0 aliphatic carbocycles. The van der Waals surface area contributed by atoms with Gasteiger partial charge in [-0.25, -0.2) is 24.0 Å². The summed E-state index contributed by atoms with van der Waals surface area (Å²) in [5.74, 6) is -17.4. The number of hydrogen-bond acceptors (Lipinski definition) is 20. The maximum atomic E-state index is 17.2. The summed E-state index contributed by atoms with van der Waals surface area (Å²) in [6.45, 7) is 8.55. The summed E-state index contributed by atoms with van der Waals surface area (Å²) >= 11 is 0. The average Bonchev–Trinajstić information content (AvgIpc) is 0.748. The predicted octanol–water partition coefficient (Wildman–Crippen LogP) is -1.72. The molecule has 0 spiro atoms. The van der Waals surface area contributed by atoms with Gasteiger partial charge in [-0.05, 0) is 78.8 Å². The smallest absolute Gasteiger partial charge is 0.326 e. The first kappa shape index (κ1) is 88.6. The monoisotopic (exact) mass is 1470 g/mol. The number of carbonyl (C=O) groups excluding carboxylic acids is 7. The Balaban J connectivity index is 2.13. The van der Waals surface area contributed by atoms with Gasteiger partial charge in [0.2, 0.25) is 29.5 Å². The minimum absolute atomic E-state index is 0.000572. The standard InChI is InChI=1S/C63H99FN12O25Si/c1-62(2,3)102(64,63(4,5)6)39-14-12-38(13-15-39)54(89)70-44(34-67-48(79)20-18-45(60(99)100)76-32-30-74(36-52(85)86)28-26-73(35-51(83)84)27-29-75(31-33-76)37-53(87)88)55(90)69-41(57(93)94)10-7-8-24-65-46(77)21-22-47(78)66-25-9-11-40(56(91)92)68-49(80)19-16-42(58(95)96)71-61(101)72-43(59(97)98)17-23-50(81)82/h12-15,40-45H,7-11,16-37H2,1-6H3,(H,65,77)(H,66,78)(H,67,79)(H,68,80)(H,69,90)(H,70,89)(H,81,82)(H,83,84)(H,85,86)(H,87,88)(H,91,92)(H,93,94)(H,95,96)(H,97,98)(H,99,100)(H2,71,72,101)/t40-,41+,42-,43-,44+,45-/m0/s1. The van der Waals surface area contributed by atoms with Crippen molar-refractivity contribution in [3.8, 4) is 0 Å². The van der Waals surface area contributed by atoms with E-state index in [4.69, 9.17) is 5.11 Å². The number of aliphatic carboxylic acids is 9. The Morgan fingerprint density at radius 3 is 1.23 bits per heavy atom. The van der Waals surface area contributed by atoms with Crippen LogP contribution in [0.25, 0.3) is 0 Å². The van der Waals surface area contributed by atoms with Gasteiger partial charge in [0, 0.05) is 110 Å². The molecule has 1 fully saturated rings. The number of unbranched alkanes of at least 4 members (excludes halogenated alkanes) is 1. The Morgan fingerprint density at radius 2 is 0.804 bits per heavy atom. The van der Waals surface area contributed by atoms with Crippen molar-refractivity contribution in [3.05, 3.63) is 29.8 Å². The largest absolute Gasteiger partial charge is 0.481 e. The second-order valence-corrected chi connectivity index (χ2v) is 31.5. The zero-order valence-electron chi connectivity index (χ0n) is 58.1. The molecule has 0 unspecified atom stereocenters. The third-order valence-corrected chi connectivity index (χ3v) is 21.9. The van der Waals surface area contributed by atoms with E-state index in [9.17, 15) is 118 Å². The SMILES string of the molecule is CC(C)(C)[Si](F)(c1ccc(C(=O)N[C@H](CNC(=O)CC[C@@H](C(=O)O)N2CCN(CC(=O)O)CCN(CC(=O)O)CCN(CC(=O)O)CC2)C(=O)N[C@H](CCCCNC(=O)CCC(=O)NCCC[C@H](NC(=O)CC[C@H](NC(=O)N[C@@H](CCC(=O)O)C(=O)O)C(=O)O)C(=O)O)C(=O)O)cc1)C(C)(C)C. The molecule has 1 saturated heterocycles. The molecule has 102 heavy (non-hydrogen) atoms. The van der Waals surface area contributed by atoms with E-state index in [1.165, 1.54) is 43.9 Å². The van der Waals surface area contributed by atoms with E-state index in [-0.39, 0.29) is 122 Å². The molecule has 17 N–H and O–H groups in total. The zero-order valence-corrected chi connectivity index (χ0v) is 59.1. The lowest BCUT2D eigenvalue weighted by atomic mass is 10.1. The van der Waals surface area contributed by atoms with E-state index in [0.717, 1.165) is 0 Å². The fourth-order valence-electron chi connectivity index (χ4n) is 11.3. The lowest BCUT2D eigenvalue weighted by Gasteiger charge is -2.44. The summed E-state index contributed by atoms with van der Waals surface area (Å²) in [5, 5.41) is 104. The molecular weight excluding hydrogens is 1370 g/mol. The van der Waals surface area contributed by atoms with Crippen LogP contribution >= 0.6 is 0 Å². The van der Waals surface area contributed by atoms with Crippen molar-refractivity contribution in [2.75, 3.05) is 91.6 Å². The minimum atomic E-state index is -3.81. The third-order valence-electron chi connectivity index (χ3n) is 16.6. The molecule has 0 bridgehead atoms. The van der Waals surface area contributed by atoms with Crippen molar-refractivity contribution < 1.29 is 127 Å². The maximum Gasteiger partial charge on any atom is 0.326 e. The highest BCUT2D eigenvalue weighted by Crippen LogP contribution is 2.51. The number of carbonyl (C=O) groups is 16. The summed E-state index contributed by atoms with van der Waals surface area (Å²) in [7, 11) is -3.81. The summed E-state index contributed by atoms with van der Waals surface area (Å²) in [6.07, 6.45) is -4.07. The normalized spacial score (nSPS) is 15.6. The summed E-state index contributed by atoms with van der Waals surface area (Å²) in [5.41, 5.74) is -0.0342. The number of nitrogens with zero attached hydrogens (tertiary/aromatic N) is 4. The minimum Gasteiger partial charge on any atom is -0.481 e. The van der Waals surface area contributed by atoms with Crippen LogP contribution in [0.15, 0.2) is 24.3 Å². The highest BCUT2D eigenvalue weighted by molar-refractivity contribution is 6.90. The molecule has 1 aliphatic heterocycles. The first-order chi connectivity index (χ1) is 47.5. The Labute approximate surface area is 588 Å². The van der Waals surface area contributed by atoms with Crippen LogP contribution in [0.4, 0.5) is 8.90 Å². The van der Waals surface area contributed by atoms with Gasteiger partial charge in [-0.1, -0.05) is 53.7 Å². The number of benzene rings is 1. The molecule has 39 heteroatoms. The van der Waals surface area contributed by atoms with E-state index >= 15 is 4.11 Å². The first-order valence-corrected chi connectivity index (χ1v) is 34.9. The molecule has 2 rings (SSSR count). The number of urea groups is 1. The van der Waals surface area contributed by atoms with Gasteiger partial charge in [-0.2, -0.15) is 0 Å². The first-order valence-electron chi connectivity index (χ1n) is 33.0. The number of rotatable bonds is 43. The van der Waals surface area contributed by atoms with Crippen LogP contribution < -0.4 is 47.7 Å². The van der Waals surface area contributed by atoms with Crippen molar-refractivity contribution in [1.29, 1.82) is 0 Å². The number of nitrogens with one attached hydrogen (secondary N) is 8. The van der Waals surface area contributed by atoms with Gasteiger partial charge in [-0.15, -0.1) is 0 Å². The molecule has 37 nitrogen and oxygen atoms in total. The van der Waals surface area contributed by atoms with Crippen molar-refractivity contribution in [2.45, 2.75) is 171 Å². The fourth-order valence-corrected chi connectivity index (χ4v) is 16.0. The van der Waals surface area contributed by atoms with Gasteiger partial charge >= 0.3 is 59.8 Å². The Hall–Kier alpha value is -9.47. The molecule has 6 atom stereocenters. The van der Waals surface area contributed by atoms with Crippen LogP contribution in [0.5, 0.6) is 0 Å². The predicted molar refractivity (Wildman–Crippen MR) is 359 cm³/mol. The number of carboxylic acid groups (broad SMARTS) is 9. The van der Waals surface area contributed by atoms with E-state index in [2.05, 4.69) is 31.9 Å². The van der Waals surface area contributed by atoms with Crippen LogP contribution in [0, 0.1) is 0 Å². The van der Waals surface area contributed by atoms with Gasteiger partial charge < -0.3 is 92.6 Å². The van der Waals surface area contributed by atoms with Gasteiger partial charge in [0.1, 0.15) is 36.3 Å². The van der Waals surface area contributed by atoms with Gasteiger partial charge in [0.15, 0.2) is 0 Å². The second kappa shape index (κ2) is 43.4. The molecule has 0 radical (unpaired) electrons. The summed E-state index contributed by atoms with van der Waals surface area (Å²) < 4.78 is 17.2. The summed E-state index contributed by atoms with van der Waals surface area (Å²) in [4.78, 5) is 204. The summed E-state index contributed by atoms with van der Waals surface area (Å²) in [6, 6.07) is -5.23. The van der Waals surface area contributed by atoms with Crippen molar-refractivity contribution in [1.82, 2.24) is 62.1 Å². The van der Waals surface area contributed by atoms with E-state index < -0.39 is 208 Å². The molecule has 572 valence electrons. The number of amides is 8. The third kappa shape index (κ3) is 32.9. The molecule has 1 aromatic carbocycles. The van der Waals surface area contributed by atoms with Crippen molar-refractivity contribution >= 4 is 109 Å². The Morgan fingerprint density at radius 1 is 0.412 bits per heavy atom. The molecule has 0 aromatic heterocycles. The maximum absolute atomic E-state index is 17.2. The molecule has 1 aromatic rings. The number of halogens is 1. The van der Waals surface area contributed by atoms with Gasteiger partial charge in [-0.3, -0.25) is 72.3 Å². The lowest BCUT2D eigenvalue weighted by molar-refractivity contribution is -0.145. The second-order valence-electron chi connectivity index (χ2n) is 26.6. The molecule has 1 heterocycles. The van der Waals surface area contributed by atoms with Gasteiger partial charge in [0.25, 0.3) is 14.3 Å². The molecular formula is C63H99FN12O25Si. The van der Waals surface area contributed by atoms with Crippen LogP contribution in [0.2, 0.25) is 10.1 Å². The van der Waals surface area contributed by atoms with Crippen LogP contribution in [-0.2, 0) is 67.1 Å². The van der Waals surface area contributed by atoms with E-state index in [0.29, 0.717) is 5.19 Å². The van der Waals surface area contributed by atoms with Gasteiger partial charge in [0.05, 0.1) is 19.6 Å². The fraction of sp³-hybridized carbons (Fsp3) is 0.651. The lowest BCUT2D eigenvalue weighted by Crippen LogP contribution is -2.58. The zero-order chi connectivity index (χ0) is 77.2. The number of carboxylic acids is 9. The van der Waals surface area contributed by atoms with Crippen LogP contribution in [0.1, 0.15) is 135 Å².